The van der Waals surface area contributed by atoms with Crippen molar-refractivity contribution in [2.45, 2.75) is 20.4 Å². The lowest BCUT2D eigenvalue weighted by molar-refractivity contribution is -0.384. The molecule has 3 aromatic rings. The Labute approximate surface area is 161 Å². The molecule has 1 heterocycles. The summed E-state index contributed by atoms with van der Waals surface area (Å²) in [6.07, 6.45) is 1.49. The molecule has 0 saturated heterocycles. The third kappa shape index (κ3) is 4.15. The molecule has 2 aromatic carbocycles. The Morgan fingerprint density at radius 3 is 2.46 bits per heavy atom. The third-order valence-corrected chi connectivity index (χ3v) is 4.60. The summed E-state index contributed by atoms with van der Waals surface area (Å²) in [5.41, 5.74) is 3.57. The zero-order valence-corrected chi connectivity index (χ0v) is 15.5. The van der Waals surface area contributed by atoms with Crippen LogP contribution in [0.4, 0.5) is 11.4 Å². The second-order valence-corrected chi connectivity index (χ2v) is 6.51. The number of benzene rings is 2. The summed E-state index contributed by atoms with van der Waals surface area (Å²) >= 11 is 0. The zero-order valence-electron chi connectivity index (χ0n) is 15.5. The molecule has 0 aliphatic heterocycles. The minimum atomic E-state index is -0.478. The Bertz CT molecular complexity index is 1100. The van der Waals surface area contributed by atoms with E-state index in [4.69, 9.17) is 0 Å². The van der Waals surface area contributed by atoms with E-state index in [1.165, 1.54) is 35.0 Å². The number of pyridine rings is 1. The number of nitrogens with one attached hydrogen (secondary N) is 1. The van der Waals surface area contributed by atoms with Gasteiger partial charge in [-0.15, -0.1) is 0 Å². The van der Waals surface area contributed by atoms with Gasteiger partial charge in [0.1, 0.15) is 0 Å². The van der Waals surface area contributed by atoms with Crippen LogP contribution in [0.2, 0.25) is 0 Å². The zero-order chi connectivity index (χ0) is 20.3. The summed E-state index contributed by atoms with van der Waals surface area (Å²) in [6, 6.07) is 14.4. The molecular formula is C21H19N3O4. The molecule has 0 unspecified atom stereocenters. The summed E-state index contributed by atoms with van der Waals surface area (Å²) in [6.45, 7) is 4.11. The van der Waals surface area contributed by atoms with Gasteiger partial charge in [0.05, 0.1) is 17.0 Å². The number of anilines is 1. The van der Waals surface area contributed by atoms with Gasteiger partial charge in [-0.25, -0.2) is 0 Å². The molecule has 142 valence electrons. The highest BCUT2D eigenvalue weighted by Gasteiger charge is 2.11. The van der Waals surface area contributed by atoms with Gasteiger partial charge in [-0.3, -0.25) is 19.7 Å². The molecule has 0 bridgehead atoms. The molecule has 0 radical (unpaired) electrons. The molecule has 0 fully saturated rings. The van der Waals surface area contributed by atoms with E-state index in [0.29, 0.717) is 5.56 Å². The normalized spacial score (nSPS) is 10.5. The van der Waals surface area contributed by atoms with E-state index in [-0.39, 0.29) is 23.7 Å². The van der Waals surface area contributed by atoms with Crippen molar-refractivity contribution in [1.29, 1.82) is 0 Å². The van der Waals surface area contributed by atoms with E-state index in [2.05, 4.69) is 5.32 Å². The van der Waals surface area contributed by atoms with Crippen molar-refractivity contribution in [3.63, 3.8) is 0 Å². The molecule has 0 atom stereocenters. The molecule has 0 saturated carbocycles. The van der Waals surface area contributed by atoms with Crippen LogP contribution in [0, 0.1) is 24.0 Å². The minimum Gasteiger partial charge on any atom is -0.322 e. The van der Waals surface area contributed by atoms with Gasteiger partial charge in [0.15, 0.2) is 0 Å². The maximum Gasteiger partial charge on any atom is 0.269 e. The van der Waals surface area contributed by atoms with Crippen molar-refractivity contribution in [1.82, 2.24) is 4.57 Å². The van der Waals surface area contributed by atoms with Crippen molar-refractivity contribution in [3.05, 3.63) is 104 Å². The van der Waals surface area contributed by atoms with Gasteiger partial charge in [0, 0.05) is 30.1 Å². The fourth-order valence-corrected chi connectivity index (χ4v) is 2.79. The first kappa shape index (κ1) is 19.0. The van der Waals surface area contributed by atoms with E-state index < -0.39 is 4.92 Å². The number of nitro benzene ring substituents is 1. The van der Waals surface area contributed by atoms with Gasteiger partial charge >= 0.3 is 0 Å². The van der Waals surface area contributed by atoms with Crippen LogP contribution in [0.5, 0.6) is 0 Å². The van der Waals surface area contributed by atoms with Crippen LogP contribution < -0.4 is 10.9 Å². The molecule has 0 aliphatic rings. The molecule has 28 heavy (non-hydrogen) atoms. The van der Waals surface area contributed by atoms with Gasteiger partial charge in [0.2, 0.25) is 0 Å². The Kier molecular flexibility index (Phi) is 5.35. The lowest BCUT2D eigenvalue weighted by Crippen LogP contribution is -2.22. The molecule has 0 spiro atoms. The van der Waals surface area contributed by atoms with Crippen molar-refractivity contribution >= 4 is 17.3 Å². The number of nitrogens with zero attached hydrogens (tertiary/aromatic N) is 2. The number of aromatic nitrogens is 1. The summed E-state index contributed by atoms with van der Waals surface area (Å²) in [5, 5.41) is 13.6. The van der Waals surface area contributed by atoms with E-state index in [9.17, 15) is 19.7 Å². The Morgan fingerprint density at radius 1 is 1.07 bits per heavy atom. The highest BCUT2D eigenvalue weighted by Crippen LogP contribution is 2.19. The van der Waals surface area contributed by atoms with Crippen molar-refractivity contribution in [2.24, 2.45) is 0 Å². The Morgan fingerprint density at radius 2 is 1.79 bits per heavy atom. The number of rotatable bonds is 5. The first-order valence-electron chi connectivity index (χ1n) is 8.66. The number of non-ortho nitro benzene ring substituents is 1. The van der Waals surface area contributed by atoms with Crippen LogP contribution in [0.15, 0.2) is 65.6 Å². The predicted octanol–water partition coefficient (Wildman–Crippen LogP) is 3.67. The second-order valence-electron chi connectivity index (χ2n) is 6.51. The molecule has 7 heteroatoms. The second kappa shape index (κ2) is 7.87. The fourth-order valence-electron chi connectivity index (χ4n) is 2.79. The molecule has 1 amide bonds. The third-order valence-electron chi connectivity index (χ3n) is 4.60. The Hall–Kier alpha value is -3.74. The molecular weight excluding hydrogens is 358 g/mol. The summed E-state index contributed by atoms with van der Waals surface area (Å²) in [5.74, 6) is -0.314. The van der Waals surface area contributed by atoms with Crippen LogP contribution >= 0.6 is 0 Å². The van der Waals surface area contributed by atoms with Crippen LogP contribution in [-0.2, 0) is 6.54 Å². The minimum absolute atomic E-state index is 0.0160. The van der Waals surface area contributed by atoms with Crippen LogP contribution in [-0.4, -0.2) is 15.4 Å². The first-order chi connectivity index (χ1) is 13.3. The number of hydrogen-bond acceptors (Lipinski definition) is 4. The van der Waals surface area contributed by atoms with Gasteiger partial charge in [-0.1, -0.05) is 24.3 Å². The standard InChI is InChI=1S/C21H19N3O4/c1-14-4-3-5-19(15(14)2)22-21(26)17-8-11-20(25)23(13-17)12-16-6-9-18(10-7-16)24(27)28/h3-11,13H,12H2,1-2H3,(H,22,26). The number of aryl methyl sites for hydroxylation is 1. The van der Waals surface area contributed by atoms with Gasteiger partial charge < -0.3 is 9.88 Å². The number of carbonyl (C=O) groups is 1. The smallest absolute Gasteiger partial charge is 0.269 e. The lowest BCUT2D eigenvalue weighted by atomic mass is 10.1. The molecule has 1 aromatic heterocycles. The average molecular weight is 377 g/mol. The maximum atomic E-state index is 12.6. The van der Waals surface area contributed by atoms with E-state index in [1.807, 2.05) is 32.0 Å². The SMILES string of the molecule is Cc1cccc(NC(=O)c2ccc(=O)n(Cc3ccc([N+](=O)[O-])cc3)c2)c1C. The van der Waals surface area contributed by atoms with Gasteiger partial charge in [-0.05, 0) is 42.7 Å². The topological polar surface area (TPSA) is 94.2 Å². The lowest BCUT2D eigenvalue weighted by Gasteiger charge is -2.12. The number of hydrogen-bond donors (Lipinski definition) is 1. The summed E-state index contributed by atoms with van der Waals surface area (Å²) < 4.78 is 1.40. The van der Waals surface area contributed by atoms with Crippen molar-refractivity contribution in [3.8, 4) is 0 Å². The maximum absolute atomic E-state index is 12.6. The fraction of sp³-hybridized carbons (Fsp3) is 0.143. The van der Waals surface area contributed by atoms with E-state index in [1.54, 1.807) is 12.1 Å². The van der Waals surface area contributed by atoms with Crippen molar-refractivity contribution in [2.75, 3.05) is 5.32 Å². The summed E-state index contributed by atoms with van der Waals surface area (Å²) in [4.78, 5) is 35.0. The van der Waals surface area contributed by atoms with Crippen LogP contribution in [0.1, 0.15) is 27.0 Å². The molecule has 3 rings (SSSR count). The van der Waals surface area contributed by atoms with E-state index >= 15 is 0 Å². The Balaban J connectivity index is 1.82. The number of carbonyl (C=O) groups excluding carboxylic acids is 1. The van der Waals surface area contributed by atoms with Gasteiger partial charge in [0.25, 0.3) is 17.2 Å². The average Bonchev–Trinajstić information content (AvgIpc) is 2.67. The monoisotopic (exact) mass is 377 g/mol. The number of amides is 1. The van der Waals surface area contributed by atoms with E-state index in [0.717, 1.165) is 22.4 Å². The highest BCUT2D eigenvalue weighted by molar-refractivity contribution is 6.04. The molecule has 0 aliphatic carbocycles. The van der Waals surface area contributed by atoms with Gasteiger partial charge in [-0.2, -0.15) is 0 Å². The van der Waals surface area contributed by atoms with Crippen LogP contribution in [0.25, 0.3) is 0 Å². The largest absolute Gasteiger partial charge is 0.322 e. The number of nitro groups is 1. The molecule has 7 nitrogen and oxygen atoms in total. The highest BCUT2D eigenvalue weighted by atomic mass is 16.6. The predicted molar refractivity (Wildman–Crippen MR) is 107 cm³/mol. The quantitative estimate of drug-likeness (QED) is 0.542. The van der Waals surface area contributed by atoms with Crippen LogP contribution in [0.3, 0.4) is 0 Å². The summed E-state index contributed by atoms with van der Waals surface area (Å²) in [7, 11) is 0. The first-order valence-corrected chi connectivity index (χ1v) is 8.66. The van der Waals surface area contributed by atoms with Crippen molar-refractivity contribution < 1.29 is 9.72 Å². The molecule has 1 N–H and O–H groups in total.